The van der Waals surface area contributed by atoms with Crippen LogP contribution in [0.25, 0.3) is 0 Å². The van der Waals surface area contributed by atoms with Crippen molar-refractivity contribution in [3.8, 4) is 0 Å². The first kappa shape index (κ1) is 12.6. The molecule has 0 saturated carbocycles. The number of carboxylic acid groups (broad SMARTS) is 1. The lowest BCUT2D eigenvalue weighted by Crippen LogP contribution is -2.10. The summed E-state index contributed by atoms with van der Waals surface area (Å²) in [4.78, 5) is 14.7. The molecule has 6 nitrogen and oxygen atoms in total. The van der Waals surface area contributed by atoms with E-state index in [9.17, 15) is 4.79 Å². The van der Waals surface area contributed by atoms with Crippen LogP contribution in [0.1, 0.15) is 12.1 Å². The summed E-state index contributed by atoms with van der Waals surface area (Å²) in [6, 6.07) is 1.88. The summed E-state index contributed by atoms with van der Waals surface area (Å²) >= 11 is 1.49. The van der Waals surface area contributed by atoms with Crippen LogP contribution in [-0.2, 0) is 17.8 Å². The minimum Gasteiger partial charge on any atom is -0.481 e. The lowest BCUT2D eigenvalue weighted by molar-refractivity contribution is -0.136. The van der Waals surface area contributed by atoms with Crippen molar-refractivity contribution < 1.29 is 9.90 Å². The Balaban J connectivity index is 1.74. The number of thiazole rings is 1. The van der Waals surface area contributed by atoms with Crippen LogP contribution in [0, 0.1) is 0 Å². The molecule has 96 valence electrons. The van der Waals surface area contributed by atoms with Gasteiger partial charge >= 0.3 is 5.97 Å². The zero-order chi connectivity index (χ0) is 12.8. The number of nitrogens with zero attached hydrogens (tertiary/aromatic N) is 3. The van der Waals surface area contributed by atoms with Crippen molar-refractivity contribution in [2.24, 2.45) is 0 Å². The fourth-order valence-electron chi connectivity index (χ4n) is 1.45. The van der Waals surface area contributed by atoms with Gasteiger partial charge in [0, 0.05) is 30.7 Å². The Bertz CT molecular complexity index is 495. The predicted octanol–water partition coefficient (Wildman–Crippen LogP) is 1.47. The van der Waals surface area contributed by atoms with E-state index < -0.39 is 5.97 Å². The second kappa shape index (κ2) is 6.15. The molecule has 0 bridgehead atoms. The molecule has 0 amide bonds. The summed E-state index contributed by atoms with van der Waals surface area (Å²) in [6.45, 7) is 1.52. The number of aliphatic carboxylic acids is 1. The van der Waals surface area contributed by atoms with Crippen LogP contribution in [0.3, 0.4) is 0 Å². The molecular weight excluding hydrogens is 252 g/mol. The topological polar surface area (TPSA) is 80.0 Å². The first-order valence-electron chi connectivity index (χ1n) is 5.61. The Labute approximate surface area is 108 Å². The zero-order valence-electron chi connectivity index (χ0n) is 9.74. The minimum atomic E-state index is -0.795. The van der Waals surface area contributed by atoms with Crippen molar-refractivity contribution in [2.75, 3.05) is 11.9 Å². The van der Waals surface area contributed by atoms with Crippen LogP contribution in [-0.4, -0.2) is 32.4 Å². The van der Waals surface area contributed by atoms with Gasteiger partial charge in [-0.1, -0.05) is 0 Å². The van der Waals surface area contributed by atoms with Crippen molar-refractivity contribution >= 4 is 22.4 Å². The maximum absolute atomic E-state index is 10.4. The Kier molecular flexibility index (Phi) is 4.30. The van der Waals surface area contributed by atoms with Crippen molar-refractivity contribution in [3.63, 3.8) is 0 Å². The molecule has 0 saturated heterocycles. The molecule has 7 heteroatoms. The fraction of sp³-hybridized carbons (Fsp3) is 0.364. The average Bonchev–Trinajstić information content (AvgIpc) is 2.97. The highest BCUT2D eigenvalue weighted by molar-refractivity contribution is 7.13. The van der Waals surface area contributed by atoms with Gasteiger partial charge in [0.25, 0.3) is 0 Å². The molecule has 2 aromatic heterocycles. The number of carboxylic acids is 1. The van der Waals surface area contributed by atoms with Gasteiger partial charge in [-0.25, -0.2) is 4.98 Å². The number of aryl methyl sites for hydroxylation is 1. The van der Waals surface area contributed by atoms with Gasteiger partial charge in [0.1, 0.15) is 0 Å². The zero-order valence-corrected chi connectivity index (χ0v) is 10.6. The number of anilines is 1. The summed E-state index contributed by atoms with van der Waals surface area (Å²) in [5.74, 6) is -0.795. The molecule has 2 heterocycles. The molecule has 0 radical (unpaired) electrons. The summed E-state index contributed by atoms with van der Waals surface area (Å²) in [7, 11) is 0. The van der Waals surface area contributed by atoms with Crippen LogP contribution in [0.5, 0.6) is 0 Å². The SMILES string of the molecule is O=C(O)CCc1csc(NCCn2cccn2)n1. The summed E-state index contributed by atoms with van der Waals surface area (Å²) in [6.07, 6.45) is 4.25. The van der Waals surface area contributed by atoms with Gasteiger partial charge < -0.3 is 10.4 Å². The monoisotopic (exact) mass is 266 g/mol. The maximum atomic E-state index is 10.4. The number of hydrogen-bond acceptors (Lipinski definition) is 5. The molecule has 2 aromatic rings. The normalized spacial score (nSPS) is 10.4. The smallest absolute Gasteiger partial charge is 0.303 e. The van der Waals surface area contributed by atoms with Crippen molar-refractivity contribution in [1.29, 1.82) is 0 Å². The van der Waals surface area contributed by atoms with E-state index in [-0.39, 0.29) is 6.42 Å². The van der Waals surface area contributed by atoms with Gasteiger partial charge in [-0.2, -0.15) is 5.10 Å². The van der Waals surface area contributed by atoms with Crippen molar-refractivity contribution in [2.45, 2.75) is 19.4 Å². The summed E-state index contributed by atoms with van der Waals surface area (Å²) in [5.41, 5.74) is 0.823. The van der Waals surface area contributed by atoms with E-state index >= 15 is 0 Å². The molecule has 0 aromatic carbocycles. The average molecular weight is 266 g/mol. The van der Waals surface area contributed by atoms with Gasteiger partial charge in [0.2, 0.25) is 0 Å². The van der Waals surface area contributed by atoms with E-state index in [1.54, 1.807) is 6.20 Å². The highest BCUT2D eigenvalue weighted by Crippen LogP contribution is 2.16. The number of aromatic nitrogens is 3. The molecule has 0 atom stereocenters. The second-order valence-corrected chi connectivity index (χ2v) is 4.59. The van der Waals surface area contributed by atoms with Crippen LogP contribution < -0.4 is 5.32 Å². The second-order valence-electron chi connectivity index (χ2n) is 3.73. The lowest BCUT2D eigenvalue weighted by Gasteiger charge is -2.02. The molecule has 0 unspecified atom stereocenters. The molecule has 0 fully saturated rings. The number of hydrogen-bond donors (Lipinski definition) is 2. The van der Waals surface area contributed by atoms with Crippen LogP contribution in [0.15, 0.2) is 23.8 Å². The van der Waals surface area contributed by atoms with Crippen LogP contribution in [0.2, 0.25) is 0 Å². The van der Waals surface area contributed by atoms with Gasteiger partial charge in [-0.15, -0.1) is 11.3 Å². The third-order valence-corrected chi connectivity index (χ3v) is 3.17. The first-order chi connectivity index (χ1) is 8.74. The molecule has 0 aliphatic carbocycles. The molecule has 0 aliphatic heterocycles. The molecule has 18 heavy (non-hydrogen) atoms. The van der Waals surface area contributed by atoms with E-state index in [2.05, 4.69) is 15.4 Å². The van der Waals surface area contributed by atoms with Crippen LogP contribution in [0.4, 0.5) is 5.13 Å². The number of nitrogens with one attached hydrogen (secondary N) is 1. The predicted molar refractivity (Wildman–Crippen MR) is 68.8 cm³/mol. The molecule has 0 spiro atoms. The Morgan fingerprint density at radius 3 is 3.17 bits per heavy atom. The largest absolute Gasteiger partial charge is 0.481 e. The molecule has 2 rings (SSSR count). The summed E-state index contributed by atoms with van der Waals surface area (Å²) in [5, 5.41) is 18.6. The standard InChI is InChI=1S/C11H14N4O2S/c16-10(17)3-2-9-8-18-11(14-9)12-5-7-15-6-1-4-13-15/h1,4,6,8H,2-3,5,7H2,(H,12,14)(H,16,17). The van der Waals surface area contributed by atoms with Crippen molar-refractivity contribution in [3.05, 3.63) is 29.5 Å². The van der Waals surface area contributed by atoms with Gasteiger partial charge in [0.15, 0.2) is 5.13 Å². The lowest BCUT2D eigenvalue weighted by atomic mass is 10.2. The Hall–Kier alpha value is -1.89. The minimum absolute atomic E-state index is 0.121. The first-order valence-corrected chi connectivity index (χ1v) is 6.49. The highest BCUT2D eigenvalue weighted by atomic mass is 32.1. The van der Waals surface area contributed by atoms with E-state index in [0.29, 0.717) is 6.42 Å². The van der Waals surface area contributed by atoms with Crippen molar-refractivity contribution in [1.82, 2.24) is 14.8 Å². The maximum Gasteiger partial charge on any atom is 0.303 e. The Morgan fingerprint density at radius 2 is 2.44 bits per heavy atom. The molecular formula is C11H14N4O2S. The highest BCUT2D eigenvalue weighted by Gasteiger charge is 2.04. The van der Waals surface area contributed by atoms with Crippen LogP contribution >= 0.6 is 11.3 Å². The van der Waals surface area contributed by atoms with E-state index in [0.717, 1.165) is 23.9 Å². The quantitative estimate of drug-likeness (QED) is 0.793. The molecule has 2 N–H and O–H groups in total. The van der Waals surface area contributed by atoms with Gasteiger partial charge in [-0.05, 0) is 6.07 Å². The third-order valence-electron chi connectivity index (χ3n) is 2.32. The Morgan fingerprint density at radius 1 is 1.56 bits per heavy atom. The van der Waals surface area contributed by atoms with Gasteiger partial charge in [-0.3, -0.25) is 9.48 Å². The molecule has 0 aliphatic rings. The third kappa shape index (κ3) is 3.85. The van der Waals surface area contributed by atoms with E-state index in [4.69, 9.17) is 5.11 Å². The van der Waals surface area contributed by atoms with E-state index in [1.807, 2.05) is 22.3 Å². The number of rotatable bonds is 7. The number of carbonyl (C=O) groups is 1. The summed E-state index contributed by atoms with van der Waals surface area (Å²) < 4.78 is 1.84. The van der Waals surface area contributed by atoms with Gasteiger partial charge in [0.05, 0.1) is 18.7 Å². The fourth-order valence-corrected chi connectivity index (χ4v) is 2.22. The van der Waals surface area contributed by atoms with E-state index in [1.165, 1.54) is 11.3 Å².